The molecule has 0 spiro atoms. The number of phosphoric acid groups is 2. The number of hydrogen-bond donors (Lipinski definition) is 3. The van der Waals surface area contributed by atoms with Gasteiger partial charge in [0.25, 0.3) is 0 Å². The number of unbranched alkanes of at least 4 members (excludes halogenated alkanes) is 42. The summed E-state index contributed by atoms with van der Waals surface area (Å²) in [5.41, 5.74) is 0. The predicted molar refractivity (Wildman–Crippen MR) is 372 cm³/mol. The minimum absolute atomic E-state index is 0.106. The molecule has 92 heavy (non-hydrogen) atoms. The Morgan fingerprint density at radius 1 is 0.293 bits per heavy atom. The lowest BCUT2D eigenvalue weighted by atomic mass is 10.0. The molecule has 0 aliphatic rings. The third-order valence-corrected chi connectivity index (χ3v) is 18.9. The quantitative estimate of drug-likeness (QED) is 0.0222. The summed E-state index contributed by atoms with van der Waals surface area (Å²) in [6.45, 7) is 9.54. The minimum Gasteiger partial charge on any atom is -0.462 e. The fourth-order valence-electron chi connectivity index (χ4n) is 11.1. The van der Waals surface area contributed by atoms with Gasteiger partial charge in [0, 0.05) is 25.7 Å². The number of ether oxygens (including phenoxy) is 4. The number of phosphoric ester groups is 2. The number of rotatable bonds is 72. The summed E-state index contributed by atoms with van der Waals surface area (Å²) < 4.78 is 68.3. The van der Waals surface area contributed by atoms with Crippen LogP contribution in [0, 0.1) is 11.8 Å². The van der Waals surface area contributed by atoms with Gasteiger partial charge in [0.2, 0.25) is 0 Å². The van der Waals surface area contributed by atoms with Crippen LogP contribution in [0.1, 0.15) is 375 Å². The maximum absolute atomic E-state index is 13.1. The molecule has 0 fully saturated rings. The highest BCUT2D eigenvalue weighted by Gasteiger charge is 2.30. The fraction of sp³-hybridized carbons (Fsp3) is 0.945. The number of carbonyl (C=O) groups is 4. The highest BCUT2D eigenvalue weighted by Crippen LogP contribution is 2.45. The Morgan fingerprint density at radius 3 is 0.739 bits per heavy atom. The molecule has 0 amide bonds. The summed E-state index contributed by atoms with van der Waals surface area (Å²) in [6, 6.07) is 0. The number of aliphatic hydroxyl groups is 1. The summed E-state index contributed by atoms with van der Waals surface area (Å²) in [5, 5.41) is 10.6. The average Bonchev–Trinajstić information content (AvgIpc) is 3.72. The van der Waals surface area contributed by atoms with Gasteiger partial charge in [0.15, 0.2) is 12.2 Å². The van der Waals surface area contributed by atoms with Crippen molar-refractivity contribution in [3.63, 3.8) is 0 Å². The van der Waals surface area contributed by atoms with Crippen LogP contribution in [0.2, 0.25) is 0 Å². The lowest BCUT2D eigenvalue weighted by molar-refractivity contribution is -0.161. The zero-order valence-electron chi connectivity index (χ0n) is 59.9. The van der Waals surface area contributed by atoms with Gasteiger partial charge in [-0.15, -0.1) is 0 Å². The second-order valence-corrected chi connectivity index (χ2v) is 30.2. The molecule has 0 saturated heterocycles. The topological polar surface area (TPSA) is 237 Å². The molecule has 0 aromatic carbocycles. The first kappa shape index (κ1) is 90.1. The Labute approximate surface area is 562 Å². The second-order valence-electron chi connectivity index (χ2n) is 27.3. The van der Waals surface area contributed by atoms with E-state index in [1.165, 1.54) is 180 Å². The first-order chi connectivity index (χ1) is 44.4. The molecule has 0 aromatic heterocycles. The van der Waals surface area contributed by atoms with Crippen LogP contribution >= 0.6 is 15.6 Å². The van der Waals surface area contributed by atoms with Crippen LogP contribution in [0.3, 0.4) is 0 Å². The SMILES string of the molecule is CCCCCCCCCCCCCCCCCCC(=O)OC[C@H](COP(=O)(O)OC[C@@H](O)COP(=O)(O)OC[C@@H](COC(=O)CCCCCCCCC)OC(=O)CCCCCCCCCCCCC(C)C)OC(=O)CCCCCCCCCCCCCCCC(C)C. The van der Waals surface area contributed by atoms with Gasteiger partial charge in [0.05, 0.1) is 26.4 Å². The molecule has 0 aliphatic heterocycles. The Bertz CT molecular complexity index is 1790. The van der Waals surface area contributed by atoms with E-state index in [4.69, 9.17) is 37.0 Å². The molecule has 0 saturated carbocycles. The van der Waals surface area contributed by atoms with Crippen molar-refractivity contribution < 1.29 is 80.2 Å². The second kappa shape index (κ2) is 65.0. The number of aliphatic hydroxyl groups excluding tert-OH is 1. The zero-order valence-corrected chi connectivity index (χ0v) is 61.6. The largest absolute Gasteiger partial charge is 0.472 e. The molecule has 19 heteroatoms. The highest BCUT2D eigenvalue weighted by molar-refractivity contribution is 7.47. The van der Waals surface area contributed by atoms with Crippen LogP contribution in [0.15, 0.2) is 0 Å². The molecular weight excluding hydrogens is 1210 g/mol. The summed E-state index contributed by atoms with van der Waals surface area (Å²) >= 11 is 0. The Morgan fingerprint density at radius 2 is 0.500 bits per heavy atom. The molecular formula is C73H142O17P2. The molecule has 0 heterocycles. The third-order valence-electron chi connectivity index (χ3n) is 17.0. The van der Waals surface area contributed by atoms with Crippen molar-refractivity contribution in [3.8, 4) is 0 Å². The lowest BCUT2D eigenvalue weighted by Gasteiger charge is -2.21. The summed E-state index contributed by atoms with van der Waals surface area (Å²) in [5.74, 6) is -0.584. The van der Waals surface area contributed by atoms with Gasteiger partial charge in [-0.1, -0.05) is 324 Å². The molecule has 0 bridgehead atoms. The van der Waals surface area contributed by atoms with Crippen LogP contribution in [-0.4, -0.2) is 96.7 Å². The van der Waals surface area contributed by atoms with Crippen molar-refractivity contribution in [2.75, 3.05) is 39.6 Å². The van der Waals surface area contributed by atoms with E-state index < -0.39 is 97.5 Å². The highest BCUT2D eigenvalue weighted by atomic mass is 31.2. The first-order valence-electron chi connectivity index (χ1n) is 38.0. The van der Waals surface area contributed by atoms with Gasteiger partial charge < -0.3 is 33.8 Å². The van der Waals surface area contributed by atoms with Crippen LogP contribution < -0.4 is 0 Å². The lowest BCUT2D eigenvalue weighted by Crippen LogP contribution is -2.30. The van der Waals surface area contributed by atoms with E-state index in [1.54, 1.807) is 0 Å². The van der Waals surface area contributed by atoms with Crippen LogP contribution in [0.4, 0.5) is 0 Å². The number of hydrogen-bond acceptors (Lipinski definition) is 15. The Hall–Kier alpha value is -1.94. The molecule has 2 unspecified atom stereocenters. The van der Waals surface area contributed by atoms with Crippen molar-refractivity contribution in [2.24, 2.45) is 11.8 Å². The molecule has 3 N–H and O–H groups in total. The first-order valence-corrected chi connectivity index (χ1v) is 41.0. The molecule has 0 aromatic rings. The summed E-state index contributed by atoms with van der Waals surface area (Å²) in [4.78, 5) is 72.6. The van der Waals surface area contributed by atoms with Gasteiger partial charge >= 0.3 is 39.5 Å². The predicted octanol–water partition coefficient (Wildman–Crippen LogP) is 21.2. The zero-order chi connectivity index (χ0) is 67.9. The van der Waals surface area contributed by atoms with E-state index in [-0.39, 0.29) is 25.7 Å². The Kier molecular flexibility index (Phi) is 63.7. The minimum atomic E-state index is -4.95. The number of esters is 4. The van der Waals surface area contributed by atoms with Crippen LogP contribution in [0.5, 0.6) is 0 Å². The number of carbonyl (C=O) groups excluding carboxylic acids is 4. The summed E-state index contributed by atoms with van der Waals surface area (Å²) in [6.07, 6.45) is 51.4. The van der Waals surface area contributed by atoms with Gasteiger partial charge in [-0.2, -0.15) is 0 Å². The van der Waals surface area contributed by atoms with E-state index in [1.807, 2.05) is 0 Å². The summed E-state index contributed by atoms with van der Waals surface area (Å²) in [7, 11) is -9.90. The van der Waals surface area contributed by atoms with Crippen molar-refractivity contribution >= 4 is 39.5 Å². The van der Waals surface area contributed by atoms with Gasteiger partial charge in [-0.25, -0.2) is 9.13 Å². The van der Waals surface area contributed by atoms with Crippen LogP contribution in [0.25, 0.3) is 0 Å². The molecule has 0 aliphatic carbocycles. The Balaban J connectivity index is 5.20. The fourth-order valence-corrected chi connectivity index (χ4v) is 12.7. The molecule has 17 nitrogen and oxygen atoms in total. The van der Waals surface area contributed by atoms with Gasteiger partial charge in [-0.05, 0) is 37.5 Å². The maximum Gasteiger partial charge on any atom is 0.472 e. The van der Waals surface area contributed by atoms with E-state index in [9.17, 15) is 43.2 Å². The van der Waals surface area contributed by atoms with Crippen molar-refractivity contribution in [2.45, 2.75) is 394 Å². The standard InChI is InChI=1S/C73H142O17P2/c1-7-9-11-13-15-16-17-18-19-20-23-26-32-38-44-50-56-71(76)84-62-69(90-72(77)57-51-45-39-33-27-24-21-22-25-30-36-41-47-53-65(3)4)64-88-92(81,82)86-60-67(74)59-85-91(79,80)87-63-68(61-83-70(75)55-49-43-35-14-12-10-8-2)89-73(78)58-52-46-40-34-29-28-31-37-42-48-54-66(5)6/h65-69,74H,7-64H2,1-6H3,(H,79,80)(H,81,82)/t67-,68+,69+/m0/s1. The van der Waals surface area contributed by atoms with Crippen molar-refractivity contribution in [3.05, 3.63) is 0 Å². The van der Waals surface area contributed by atoms with E-state index in [0.29, 0.717) is 25.7 Å². The molecule has 0 rings (SSSR count). The van der Waals surface area contributed by atoms with Gasteiger partial charge in [0.1, 0.15) is 19.3 Å². The van der Waals surface area contributed by atoms with Gasteiger partial charge in [-0.3, -0.25) is 37.3 Å². The molecule has 546 valence electrons. The van der Waals surface area contributed by atoms with E-state index in [0.717, 1.165) is 115 Å². The van der Waals surface area contributed by atoms with Crippen molar-refractivity contribution in [1.82, 2.24) is 0 Å². The third kappa shape index (κ3) is 66.7. The average molecular weight is 1350 g/mol. The monoisotopic (exact) mass is 1350 g/mol. The van der Waals surface area contributed by atoms with E-state index >= 15 is 0 Å². The molecule has 5 atom stereocenters. The van der Waals surface area contributed by atoms with Crippen molar-refractivity contribution in [1.29, 1.82) is 0 Å². The smallest absolute Gasteiger partial charge is 0.462 e. The van der Waals surface area contributed by atoms with E-state index in [2.05, 4.69) is 41.5 Å². The normalized spacial score (nSPS) is 14.1. The van der Waals surface area contributed by atoms with Crippen LogP contribution in [-0.2, 0) is 65.4 Å². The maximum atomic E-state index is 13.1. The molecule has 0 radical (unpaired) electrons.